The average molecular weight is 166 g/mol. The van der Waals surface area contributed by atoms with Crippen LogP contribution in [-0.2, 0) is 0 Å². The molecule has 0 radical (unpaired) electrons. The maximum atomic E-state index is 10.0. The molecule has 1 aliphatic carbocycles. The summed E-state index contributed by atoms with van der Waals surface area (Å²) in [5.41, 5.74) is 1.53. The van der Waals surface area contributed by atoms with Crippen LogP contribution in [0.3, 0.4) is 0 Å². The van der Waals surface area contributed by atoms with Gasteiger partial charge in [0.25, 0.3) is 0 Å². The number of hydrogen-bond donors (Lipinski definition) is 1. The molecule has 0 heterocycles. The predicted octanol–water partition coefficient (Wildman–Crippen LogP) is 2.53. The van der Waals surface area contributed by atoms with Crippen molar-refractivity contribution < 1.29 is 5.11 Å². The Kier molecular flexibility index (Phi) is 1.77. The molecule has 0 amide bonds. The quantitative estimate of drug-likeness (QED) is 0.586. The van der Waals surface area contributed by atoms with Gasteiger partial charge >= 0.3 is 0 Å². The largest absolute Gasteiger partial charge is 0.391 e. The Balaban J connectivity index is 3.21. The third-order valence-electron chi connectivity index (χ3n) is 3.29. The molecule has 0 saturated heterocycles. The van der Waals surface area contributed by atoms with Crippen LogP contribution in [0.25, 0.3) is 0 Å². The fourth-order valence-corrected chi connectivity index (χ4v) is 2.01. The van der Waals surface area contributed by atoms with Crippen LogP contribution in [0.4, 0.5) is 0 Å². The summed E-state index contributed by atoms with van der Waals surface area (Å²) in [6, 6.07) is 0. The van der Waals surface area contributed by atoms with Crippen molar-refractivity contribution in [2.24, 2.45) is 10.8 Å². The molecule has 1 rings (SSSR count). The third-order valence-corrected chi connectivity index (χ3v) is 3.29. The molecule has 1 aliphatic rings. The first-order valence-electron chi connectivity index (χ1n) is 4.29. The van der Waals surface area contributed by atoms with Crippen LogP contribution in [0.15, 0.2) is 24.3 Å². The van der Waals surface area contributed by atoms with E-state index in [1.54, 1.807) is 0 Å². The van der Waals surface area contributed by atoms with Gasteiger partial charge in [-0.05, 0) is 11.1 Å². The fraction of sp³-hybridized carbons (Fsp3) is 0.636. The summed E-state index contributed by atoms with van der Waals surface area (Å²) in [7, 11) is 0. The molecular weight excluding hydrogens is 148 g/mol. The van der Waals surface area contributed by atoms with Crippen molar-refractivity contribution in [3.63, 3.8) is 0 Å². The second-order valence-electron chi connectivity index (χ2n) is 4.80. The summed E-state index contributed by atoms with van der Waals surface area (Å²) < 4.78 is 0. The molecule has 1 nitrogen and oxygen atoms in total. The highest BCUT2D eigenvalue weighted by atomic mass is 16.3. The van der Waals surface area contributed by atoms with Gasteiger partial charge in [0.2, 0.25) is 0 Å². The Morgan fingerprint density at radius 2 is 1.25 bits per heavy atom. The van der Waals surface area contributed by atoms with Crippen LogP contribution in [0.5, 0.6) is 0 Å². The first-order chi connectivity index (χ1) is 5.22. The summed E-state index contributed by atoms with van der Waals surface area (Å²) in [6.45, 7) is 16.0. The van der Waals surface area contributed by atoms with Crippen molar-refractivity contribution in [2.45, 2.75) is 33.8 Å². The van der Waals surface area contributed by atoms with Gasteiger partial charge in [0.15, 0.2) is 0 Å². The molecule has 0 aliphatic heterocycles. The van der Waals surface area contributed by atoms with Gasteiger partial charge in [0, 0.05) is 10.8 Å². The monoisotopic (exact) mass is 166 g/mol. The van der Waals surface area contributed by atoms with Gasteiger partial charge in [0.1, 0.15) is 0 Å². The zero-order valence-corrected chi connectivity index (χ0v) is 8.44. The van der Waals surface area contributed by atoms with Gasteiger partial charge < -0.3 is 5.11 Å². The minimum atomic E-state index is -0.370. The lowest BCUT2D eigenvalue weighted by Crippen LogP contribution is -2.33. The molecule has 0 unspecified atom stereocenters. The van der Waals surface area contributed by atoms with Gasteiger partial charge in [-0.15, -0.1) is 0 Å². The van der Waals surface area contributed by atoms with Gasteiger partial charge in [-0.25, -0.2) is 0 Å². The van der Waals surface area contributed by atoms with E-state index in [-0.39, 0.29) is 16.9 Å². The molecule has 0 aromatic heterocycles. The van der Waals surface area contributed by atoms with Gasteiger partial charge in [-0.2, -0.15) is 0 Å². The minimum Gasteiger partial charge on any atom is -0.391 e. The van der Waals surface area contributed by atoms with Crippen LogP contribution < -0.4 is 0 Å². The second-order valence-corrected chi connectivity index (χ2v) is 4.80. The Labute approximate surface area is 74.8 Å². The number of rotatable bonds is 0. The Bertz CT molecular complexity index is 220. The molecule has 68 valence electrons. The molecule has 0 aromatic carbocycles. The topological polar surface area (TPSA) is 20.2 Å². The maximum Gasteiger partial charge on any atom is 0.0722 e. The van der Waals surface area contributed by atoms with E-state index in [0.29, 0.717) is 0 Å². The zero-order chi connectivity index (χ0) is 9.73. The normalized spacial score (nSPS) is 28.1. The molecule has 1 N–H and O–H groups in total. The lowest BCUT2D eigenvalue weighted by atomic mass is 9.80. The SMILES string of the molecule is C=C1C(=C)C(C)(C)C(O)C1(C)C. The van der Waals surface area contributed by atoms with Crippen molar-refractivity contribution in [1.82, 2.24) is 0 Å². The number of aliphatic hydroxyl groups excluding tert-OH is 1. The molecular formula is C11H18O. The summed E-state index contributed by atoms with van der Waals surface area (Å²) >= 11 is 0. The number of aliphatic hydroxyl groups is 1. The summed E-state index contributed by atoms with van der Waals surface area (Å²) in [4.78, 5) is 0. The van der Waals surface area contributed by atoms with Crippen molar-refractivity contribution in [2.75, 3.05) is 0 Å². The van der Waals surface area contributed by atoms with Crippen LogP contribution in [-0.4, -0.2) is 11.2 Å². The average Bonchev–Trinajstić information content (AvgIpc) is 2.06. The van der Waals surface area contributed by atoms with Crippen molar-refractivity contribution in [3.8, 4) is 0 Å². The molecule has 1 saturated carbocycles. The summed E-state index contributed by atoms with van der Waals surface area (Å²) in [6.07, 6.45) is -0.370. The highest BCUT2D eigenvalue weighted by Crippen LogP contribution is 2.54. The lowest BCUT2D eigenvalue weighted by molar-refractivity contribution is 0.0247. The smallest absolute Gasteiger partial charge is 0.0722 e. The van der Waals surface area contributed by atoms with E-state index in [1.807, 2.05) is 27.7 Å². The van der Waals surface area contributed by atoms with Crippen LogP contribution in [0, 0.1) is 10.8 Å². The van der Waals surface area contributed by atoms with E-state index < -0.39 is 0 Å². The van der Waals surface area contributed by atoms with E-state index in [0.717, 1.165) is 11.1 Å². The maximum absolute atomic E-state index is 10.0. The molecule has 0 spiro atoms. The highest BCUT2D eigenvalue weighted by molar-refractivity contribution is 5.44. The molecule has 0 aromatic rings. The Morgan fingerprint density at radius 3 is 1.33 bits per heavy atom. The fourth-order valence-electron chi connectivity index (χ4n) is 2.01. The Morgan fingerprint density at radius 1 is 1.00 bits per heavy atom. The third kappa shape index (κ3) is 0.893. The first kappa shape index (κ1) is 9.53. The molecule has 0 atom stereocenters. The van der Waals surface area contributed by atoms with E-state index in [4.69, 9.17) is 0 Å². The van der Waals surface area contributed by atoms with E-state index >= 15 is 0 Å². The molecule has 1 fully saturated rings. The zero-order valence-electron chi connectivity index (χ0n) is 8.44. The van der Waals surface area contributed by atoms with E-state index in [1.165, 1.54) is 0 Å². The van der Waals surface area contributed by atoms with Gasteiger partial charge in [0.05, 0.1) is 6.10 Å². The minimum absolute atomic E-state index is 0.222. The molecule has 1 heteroatoms. The lowest BCUT2D eigenvalue weighted by Gasteiger charge is -2.29. The van der Waals surface area contributed by atoms with Gasteiger partial charge in [-0.1, -0.05) is 40.9 Å². The second kappa shape index (κ2) is 2.23. The highest BCUT2D eigenvalue weighted by Gasteiger charge is 2.51. The number of hydrogen-bond acceptors (Lipinski definition) is 1. The van der Waals surface area contributed by atoms with Crippen molar-refractivity contribution in [3.05, 3.63) is 24.3 Å². The molecule has 0 bridgehead atoms. The molecule has 12 heavy (non-hydrogen) atoms. The van der Waals surface area contributed by atoms with Crippen LogP contribution in [0.1, 0.15) is 27.7 Å². The summed E-state index contributed by atoms with van der Waals surface area (Å²) in [5, 5.41) is 10.0. The Hall–Kier alpha value is -0.560. The van der Waals surface area contributed by atoms with E-state index in [2.05, 4.69) is 13.2 Å². The van der Waals surface area contributed by atoms with E-state index in [9.17, 15) is 5.11 Å². The summed E-state index contributed by atoms with van der Waals surface area (Å²) in [5.74, 6) is 0. The standard InChI is InChI=1S/C11H18O/c1-7-8(2)11(5,6)9(12)10(7,3)4/h9,12H,1-2H2,3-6H3. The predicted molar refractivity (Wildman–Crippen MR) is 51.8 cm³/mol. The van der Waals surface area contributed by atoms with Crippen molar-refractivity contribution in [1.29, 1.82) is 0 Å². The van der Waals surface area contributed by atoms with Gasteiger partial charge in [-0.3, -0.25) is 0 Å². The van der Waals surface area contributed by atoms with Crippen LogP contribution >= 0.6 is 0 Å². The van der Waals surface area contributed by atoms with Crippen LogP contribution in [0.2, 0.25) is 0 Å². The first-order valence-corrected chi connectivity index (χ1v) is 4.29. The van der Waals surface area contributed by atoms with Crippen molar-refractivity contribution >= 4 is 0 Å².